The molecule has 1 aromatic carbocycles. The topological polar surface area (TPSA) is 48.1 Å². The van der Waals surface area contributed by atoms with Gasteiger partial charge in [0.15, 0.2) is 0 Å². The number of benzene rings is 1. The first-order valence-corrected chi connectivity index (χ1v) is 8.30. The lowest BCUT2D eigenvalue weighted by Gasteiger charge is -2.19. The number of nitrogens with two attached hydrogens (primary N) is 1. The lowest BCUT2D eigenvalue weighted by molar-refractivity contribution is 0.0756. The number of ether oxygens (including phenoxy) is 1. The third kappa shape index (κ3) is 2.84. The molecule has 1 aliphatic heterocycles. The summed E-state index contributed by atoms with van der Waals surface area (Å²) in [6.45, 7) is 1.34. The molecule has 0 radical (unpaired) electrons. The summed E-state index contributed by atoms with van der Waals surface area (Å²) < 4.78 is 5.80. The zero-order chi connectivity index (χ0) is 13.1. The van der Waals surface area contributed by atoms with Gasteiger partial charge in [-0.15, -0.1) is 11.3 Å². The van der Waals surface area contributed by atoms with Gasteiger partial charge in [0.05, 0.1) is 12.3 Å². The predicted molar refractivity (Wildman–Crippen MR) is 81.5 cm³/mol. The first-order chi connectivity index (χ1) is 9.38. The van der Waals surface area contributed by atoms with Crippen molar-refractivity contribution in [1.29, 1.82) is 0 Å². The number of thioether (sulfide) groups is 1. The van der Waals surface area contributed by atoms with Crippen molar-refractivity contribution < 1.29 is 4.74 Å². The zero-order valence-corrected chi connectivity index (χ0v) is 12.2. The standard InChI is InChI=1S/C14H16N2OS2/c15-8-12-13(10-4-2-1-3-5-10)16-14(19-12)11-9-18-7-6-17-11/h1-5,11H,6-9,15H2. The van der Waals surface area contributed by atoms with Crippen LogP contribution in [0.5, 0.6) is 0 Å². The van der Waals surface area contributed by atoms with E-state index in [2.05, 4.69) is 12.1 Å². The highest BCUT2D eigenvalue weighted by Gasteiger charge is 2.22. The second kappa shape index (κ2) is 6.05. The number of nitrogens with zero attached hydrogens (tertiary/aromatic N) is 1. The van der Waals surface area contributed by atoms with Crippen LogP contribution in [-0.4, -0.2) is 23.1 Å². The van der Waals surface area contributed by atoms with E-state index in [1.165, 1.54) is 0 Å². The zero-order valence-electron chi connectivity index (χ0n) is 10.5. The van der Waals surface area contributed by atoms with E-state index in [0.717, 1.165) is 39.3 Å². The molecule has 1 aliphatic rings. The van der Waals surface area contributed by atoms with Crippen LogP contribution in [0.4, 0.5) is 0 Å². The maximum absolute atomic E-state index is 5.86. The molecule has 3 nitrogen and oxygen atoms in total. The summed E-state index contributed by atoms with van der Waals surface area (Å²) in [5.41, 5.74) is 8.00. The fourth-order valence-corrected chi connectivity index (χ4v) is 4.07. The van der Waals surface area contributed by atoms with Crippen molar-refractivity contribution in [2.75, 3.05) is 18.1 Å². The van der Waals surface area contributed by atoms with Crippen LogP contribution >= 0.6 is 23.1 Å². The Hall–Kier alpha value is -0.880. The Morgan fingerprint density at radius 2 is 2.16 bits per heavy atom. The molecule has 2 aromatic rings. The molecule has 0 amide bonds. The van der Waals surface area contributed by atoms with Gasteiger partial charge in [-0.1, -0.05) is 30.3 Å². The molecule has 0 saturated carbocycles. The van der Waals surface area contributed by atoms with E-state index >= 15 is 0 Å². The number of hydrogen-bond acceptors (Lipinski definition) is 5. The highest BCUT2D eigenvalue weighted by atomic mass is 32.2. The second-order valence-corrected chi connectivity index (χ2v) is 6.59. The minimum Gasteiger partial charge on any atom is -0.369 e. The Labute approximate surface area is 121 Å². The smallest absolute Gasteiger partial charge is 0.123 e. The lowest BCUT2D eigenvalue weighted by Crippen LogP contribution is -2.15. The van der Waals surface area contributed by atoms with Gasteiger partial charge in [0.1, 0.15) is 11.1 Å². The van der Waals surface area contributed by atoms with Gasteiger partial charge >= 0.3 is 0 Å². The van der Waals surface area contributed by atoms with Crippen LogP contribution in [-0.2, 0) is 11.3 Å². The van der Waals surface area contributed by atoms with E-state index in [9.17, 15) is 0 Å². The molecule has 5 heteroatoms. The Morgan fingerprint density at radius 3 is 2.84 bits per heavy atom. The molecule has 3 rings (SSSR count). The fourth-order valence-electron chi connectivity index (χ4n) is 2.10. The molecule has 19 heavy (non-hydrogen) atoms. The SMILES string of the molecule is NCc1sc(C2CSCCO2)nc1-c1ccccc1. The summed E-state index contributed by atoms with van der Waals surface area (Å²) in [6.07, 6.45) is 0.131. The van der Waals surface area contributed by atoms with Gasteiger partial charge in [0, 0.05) is 28.5 Å². The molecule has 1 aromatic heterocycles. The maximum atomic E-state index is 5.86. The Balaban J connectivity index is 1.94. The van der Waals surface area contributed by atoms with Crippen LogP contribution in [0.1, 0.15) is 16.0 Å². The first-order valence-electron chi connectivity index (χ1n) is 6.33. The second-order valence-electron chi connectivity index (χ2n) is 4.33. The molecule has 1 saturated heterocycles. The van der Waals surface area contributed by atoms with Crippen molar-refractivity contribution >= 4 is 23.1 Å². The predicted octanol–water partition coefficient (Wildman–Crippen LogP) is 3.07. The van der Waals surface area contributed by atoms with E-state index in [0.29, 0.717) is 6.54 Å². The summed E-state index contributed by atoms with van der Waals surface area (Å²) in [5, 5.41) is 1.06. The normalized spacial score (nSPS) is 19.5. The molecule has 100 valence electrons. The highest BCUT2D eigenvalue weighted by molar-refractivity contribution is 7.99. The number of thiazole rings is 1. The average molecular weight is 292 g/mol. The van der Waals surface area contributed by atoms with Crippen molar-refractivity contribution in [3.63, 3.8) is 0 Å². The van der Waals surface area contributed by atoms with Crippen molar-refractivity contribution in [2.45, 2.75) is 12.6 Å². The molecular weight excluding hydrogens is 276 g/mol. The van der Waals surface area contributed by atoms with Gasteiger partial charge in [-0.25, -0.2) is 4.98 Å². The molecule has 2 N–H and O–H groups in total. The van der Waals surface area contributed by atoms with E-state index in [4.69, 9.17) is 15.5 Å². The van der Waals surface area contributed by atoms with Gasteiger partial charge < -0.3 is 10.5 Å². The van der Waals surface area contributed by atoms with Crippen molar-refractivity contribution in [3.05, 3.63) is 40.2 Å². The molecule has 0 aliphatic carbocycles. The van der Waals surface area contributed by atoms with Gasteiger partial charge in [-0.05, 0) is 0 Å². The third-order valence-corrected chi connectivity index (χ3v) is 5.20. The summed E-state index contributed by atoms with van der Waals surface area (Å²) in [6, 6.07) is 10.2. The van der Waals surface area contributed by atoms with E-state index in [1.54, 1.807) is 11.3 Å². The molecule has 1 fully saturated rings. The first kappa shape index (κ1) is 13.1. The van der Waals surface area contributed by atoms with Crippen LogP contribution in [0.15, 0.2) is 30.3 Å². The fraction of sp³-hybridized carbons (Fsp3) is 0.357. The van der Waals surface area contributed by atoms with Crippen molar-refractivity contribution in [1.82, 2.24) is 4.98 Å². The summed E-state index contributed by atoms with van der Waals surface area (Å²) in [4.78, 5) is 5.91. The maximum Gasteiger partial charge on any atom is 0.123 e. The Morgan fingerprint density at radius 1 is 1.32 bits per heavy atom. The number of aromatic nitrogens is 1. The van der Waals surface area contributed by atoms with Crippen LogP contribution in [0, 0.1) is 0 Å². The third-order valence-electron chi connectivity index (χ3n) is 3.04. The van der Waals surface area contributed by atoms with Crippen LogP contribution in [0.25, 0.3) is 11.3 Å². The van der Waals surface area contributed by atoms with Crippen LogP contribution in [0.3, 0.4) is 0 Å². The molecule has 1 atom stereocenters. The molecule has 0 bridgehead atoms. The summed E-state index contributed by atoms with van der Waals surface area (Å²) in [5.74, 6) is 2.07. The average Bonchev–Trinajstić information content (AvgIpc) is 2.93. The van der Waals surface area contributed by atoms with Crippen molar-refractivity contribution in [3.8, 4) is 11.3 Å². The largest absolute Gasteiger partial charge is 0.369 e. The lowest BCUT2D eigenvalue weighted by atomic mass is 10.1. The van der Waals surface area contributed by atoms with Gasteiger partial charge in [-0.3, -0.25) is 0 Å². The highest BCUT2D eigenvalue weighted by Crippen LogP contribution is 2.34. The van der Waals surface area contributed by atoms with Gasteiger partial charge in [-0.2, -0.15) is 11.8 Å². The minimum atomic E-state index is 0.131. The molecule has 2 heterocycles. The van der Waals surface area contributed by atoms with Crippen molar-refractivity contribution in [2.24, 2.45) is 5.73 Å². The molecule has 0 spiro atoms. The van der Waals surface area contributed by atoms with Crippen LogP contribution in [0.2, 0.25) is 0 Å². The minimum absolute atomic E-state index is 0.131. The number of rotatable bonds is 3. The summed E-state index contributed by atoms with van der Waals surface area (Å²) in [7, 11) is 0. The molecule has 1 unspecified atom stereocenters. The van der Waals surface area contributed by atoms with E-state index < -0.39 is 0 Å². The van der Waals surface area contributed by atoms with Gasteiger partial charge in [0.2, 0.25) is 0 Å². The molecular formula is C14H16N2OS2. The quantitative estimate of drug-likeness (QED) is 0.944. The Kier molecular flexibility index (Phi) is 4.18. The summed E-state index contributed by atoms with van der Waals surface area (Å²) >= 11 is 3.61. The van der Waals surface area contributed by atoms with Crippen LogP contribution < -0.4 is 5.73 Å². The number of hydrogen-bond donors (Lipinski definition) is 1. The van der Waals surface area contributed by atoms with Gasteiger partial charge in [0.25, 0.3) is 0 Å². The Bertz CT molecular complexity index is 536. The van der Waals surface area contributed by atoms with E-state index in [1.807, 2.05) is 30.0 Å². The van der Waals surface area contributed by atoms with E-state index in [-0.39, 0.29) is 6.10 Å². The monoisotopic (exact) mass is 292 g/mol.